The van der Waals surface area contributed by atoms with Crippen molar-refractivity contribution < 1.29 is 66.2 Å². The number of carbonyl (C=O) groups is 2. The van der Waals surface area contributed by atoms with Gasteiger partial charge in [-0.1, -0.05) is 79.6 Å². The van der Waals surface area contributed by atoms with E-state index in [-0.39, 0.29) is 35.3 Å². The molecule has 3 fully saturated rings. The number of piperidine rings is 3. The number of phosphoric acid groups is 1. The average Bonchev–Trinajstić information content (AvgIpc) is 4.27. The van der Waals surface area contributed by atoms with Crippen LogP contribution >= 0.6 is 30.5 Å². The Morgan fingerprint density at radius 3 is 2.13 bits per heavy atom. The number of quaternary nitrogens is 2. The zero-order valence-electron chi connectivity index (χ0n) is 44.3. The van der Waals surface area contributed by atoms with E-state index < -0.39 is 38.3 Å². The Bertz CT molecular complexity index is 2490. The molecule has 0 saturated carbocycles. The third kappa shape index (κ3) is 17.3. The number of para-hydroxylation sites is 1. The summed E-state index contributed by atoms with van der Waals surface area (Å²) in [6.45, 7) is 11.0. The Labute approximate surface area is 457 Å². The monoisotopic (exact) mass is 1110 g/mol. The standard InChI is InChI=1S/C58H78N3O12PS2/c1-3-60(4-2,42-49-40-48(27-28-52(49)70-45-71-74(65,66)67)51(62)41-59-31-14-5-6-15-35-68-36-16-13-22-46-20-9-7-10-21-46)44-56(63)73-58(54-25-17-38-75-54,55-26-18-39-76-55)57(64)72-53-43-61(33-29-47(53)30-34-61)32-19-37-69-50-23-11-8-12-24-50/h7-12,17-18,20-21,23-28,38-40,47,51,53,59,62H,3-6,13-16,19,22,29-37,41-45H2,1-2H3/p+2. The average molecular weight is 1110 g/mol. The van der Waals surface area contributed by atoms with E-state index in [4.69, 9.17) is 23.7 Å². The van der Waals surface area contributed by atoms with Crippen LogP contribution in [0.2, 0.25) is 0 Å². The molecule has 3 aliphatic rings. The van der Waals surface area contributed by atoms with Crippen molar-refractivity contribution in [3.05, 3.63) is 140 Å². The molecule has 5 aromatic rings. The van der Waals surface area contributed by atoms with Gasteiger partial charge in [-0.3, -0.25) is 0 Å². The minimum atomic E-state index is -4.85. The number of benzene rings is 3. The summed E-state index contributed by atoms with van der Waals surface area (Å²) < 4.78 is 48.3. The zero-order valence-corrected chi connectivity index (χ0v) is 46.9. The lowest BCUT2D eigenvalue weighted by Gasteiger charge is -2.52. The predicted molar refractivity (Wildman–Crippen MR) is 296 cm³/mol. The number of aliphatic hydroxyl groups is 1. The summed E-state index contributed by atoms with van der Waals surface area (Å²) in [4.78, 5) is 50.0. The number of ether oxygens (including phenoxy) is 5. The molecule has 2 atom stereocenters. The topological polar surface area (TPSA) is 179 Å². The number of thiophene rings is 2. The van der Waals surface area contributed by atoms with Crippen LogP contribution in [-0.4, -0.2) is 127 Å². The van der Waals surface area contributed by atoms with Gasteiger partial charge < -0.3 is 52.9 Å². The molecule has 0 radical (unpaired) electrons. The number of aliphatic hydroxyl groups excluding tert-OH is 1. The number of carbonyl (C=O) groups excluding carboxylic acids is 2. The number of likely N-dealkylation sites (N-methyl/N-ethyl adjacent to an activating group) is 1. The van der Waals surface area contributed by atoms with Gasteiger partial charge in [0.25, 0.3) is 5.60 Å². The van der Waals surface area contributed by atoms with Gasteiger partial charge in [0.05, 0.1) is 55.2 Å². The van der Waals surface area contributed by atoms with E-state index >= 15 is 4.79 Å². The molecule has 8 rings (SSSR count). The number of rotatable bonds is 35. The Hall–Kier alpha value is -4.49. The fourth-order valence-corrected chi connectivity index (χ4v) is 12.6. The predicted octanol–water partition coefficient (Wildman–Crippen LogP) is 9.94. The SMILES string of the molecule is CC[N+](CC)(CC(=O)OC(C(=O)OC1C[N+]2(CCCOc3ccccc3)CCC1CC2)(c1cccs1)c1cccs1)Cc1cc(C(O)CNCCCCCCOCCCCc2ccccc2)ccc1OCOP(=O)(O)O. The van der Waals surface area contributed by atoms with Crippen LogP contribution in [0.1, 0.15) is 104 Å². The summed E-state index contributed by atoms with van der Waals surface area (Å²) in [7, 11) is -4.85. The van der Waals surface area contributed by atoms with Gasteiger partial charge in [0, 0.05) is 50.5 Å². The molecule has 5 heterocycles. The maximum absolute atomic E-state index is 15.2. The van der Waals surface area contributed by atoms with Crippen molar-refractivity contribution in [3.8, 4) is 11.5 Å². The van der Waals surface area contributed by atoms with Crippen molar-refractivity contribution in [1.29, 1.82) is 0 Å². The van der Waals surface area contributed by atoms with Crippen molar-refractivity contribution in [2.75, 3.05) is 85.5 Å². The van der Waals surface area contributed by atoms with E-state index in [0.717, 1.165) is 114 Å². The third-order valence-electron chi connectivity index (χ3n) is 15.2. The highest BCUT2D eigenvalue weighted by molar-refractivity contribution is 7.46. The minimum Gasteiger partial charge on any atom is -0.493 e. The molecule has 76 heavy (non-hydrogen) atoms. The van der Waals surface area contributed by atoms with E-state index in [2.05, 4.69) is 34.1 Å². The Morgan fingerprint density at radius 1 is 0.803 bits per heavy atom. The lowest BCUT2D eigenvalue weighted by molar-refractivity contribution is -0.946. The fraction of sp³-hybridized carbons (Fsp3) is 0.517. The third-order valence-corrected chi connectivity index (χ3v) is 17.6. The van der Waals surface area contributed by atoms with Crippen molar-refractivity contribution in [2.24, 2.45) is 5.92 Å². The number of hydrogen-bond acceptors (Lipinski definition) is 13. The van der Waals surface area contributed by atoms with Crippen molar-refractivity contribution in [3.63, 3.8) is 0 Å². The van der Waals surface area contributed by atoms with Crippen LogP contribution in [0.15, 0.2) is 114 Å². The van der Waals surface area contributed by atoms with E-state index in [1.54, 1.807) is 12.1 Å². The molecule has 4 N–H and O–H groups in total. The van der Waals surface area contributed by atoms with Gasteiger partial charge in [-0.2, -0.15) is 0 Å². The first-order valence-electron chi connectivity index (χ1n) is 27.2. The number of nitrogens with one attached hydrogen (secondary N) is 1. The molecular formula is C58H80N3O12PS2+2. The Morgan fingerprint density at radius 2 is 1.47 bits per heavy atom. The molecule has 3 aliphatic heterocycles. The summed E-state index contributed by atoms with van der Waals surface area (Å²) in [6, 6.07) is 32.8. The lowest BCUT2D eigenvalue weighted by Crippen LogP contribution is -2.65. The number of aryl methyl sites for hydroxylation is 1. The minimum absolute atomic E-state index is 0.135. The van der Waals surface area contributed by atoms with E-state index in [9.17, 15) is 24.3 Å². The van der Waals surface area contributed by atoms with E-state index in [1.165, 1.54) is 28.2 Å². The largest absolute Gasteiger partial charge is 0.493 e. The molecule has 18 heteroatoms. The second-order valence-electron chi connectivity index (χ2n) is 20.3. The molecule has 2 bridgehead atoms. The van der Waals surface area contributed by atoms with Crippen LogP contribution in [0, 0.1) is 5.92 Å². The molecule has 2 unspecified atom stereocenters. The number of hydrogen-bond donors (Lipinski definition) is 4. The summed E-state index contributed by atoms with van der Waals surface area (Å²) >= 11 is 2.67. The van der Waals surface area contributed by atoms with Gasteiger partial charge in [0.1, 0.15) is 24.6 Å². The maximum Gasteiger partial charge on any atom is 0.472 e. The number of phosphoric ester groups is 1. The first kappa shape index (κ1) is 59.2. The van der Waals surface area contributed by atoms with Gasteiger partial charge in [0.15, 0.2) is 19.4 Å². The van der Waals surface area contributed by atoms with E-state index in [1.807, 2.05) is 91.3 Å². The van der Waals surface area contributed by atoms with Gasteiger partial charge in [0.2, 0.25) is 0 Å². The van der Waals surface area contributed by atoms with Crippen molar-refractivity contribution in [1.82, 2.24) is 5.32 Å². The second kappa shape index (κ2) is 29.5. The number of esters is 2. The van der Waals surface area contributed by atoms with Crippen molar-refractivity contribution >= 4 is 42.4 Å². The van der Waals surface area contributed by atoms with Crippen LogP contribution in [0.3, 0.4) is 0 Å². The van der Waals surface area contributed by atoms with Gasteiger partial charge in [-0.15, -0.1) is 22.7 Å². The van der Waals surface area contributed by atoms with Crippen LogP contribution in [0.25, 0.3) is 0 Å². The van der Waals surface area contributed by atoms with Crippen LogP contribution < -0.4 is 14.8 Å². The molecule has 0 spiro atoms. The van der Waals surface area contributed by atoms with Crippen LogP contribution in [-0.2, 0) is 51.5 Å². The smallest absolute Gasteiger partial charge is 0.472 e. The first-order valence-corrected chi connectivity index (χ1v) is 30.5. The quantitative estimate of drug-likeness (QED) is 0.00992. The number of unbranched alkanes of at least 4 members (excludes halogenated alkanes) is 4. The molecule has 414 valence electrons. The van der Waals surface area contributed by atoms with Gasteiger partial charge in [-0.05, 0) is 111 Å². The molecule has 3 aromatic carbocycles. The van der Waals surface area contributed by atoms with Gasteiger partial charge in [-0.25, -0.2) is 18.7 Å². The fourth-order valence-electron chi connectivity index (χ4n) is 10.7. The van der Waals surface area contributed by atoms with Crippen LogP contribution in [0.4, 0.5) is 0 Å². The van der Waals surface area contributed by atoms with Gasteiger partial charge >= 0.3 is 19.8 Å². The lowest BCUT2D eigenvalue weighted by atomic mass is 9.83. The van der Waals surface area contributed by atoms with Crippen molar-refractivity contribution in [2.45, 2.75) is 102 Å². The summed E-state index contributed by atoms with van der Waals surface area (Å²) in [5.41, 5.74) is 0.713. The maximum atomic E-state index is 15.2. The van der Waals surface area contributed by atoms with E-state index in [0.29, 0.717) is 53.7 Å². The summed E-state index contributed by atoms with van der Waals surface area (Å²) in [5, 5.41) is 18.6. The Kier molecular flexibility index (Phi) is 23.0. The normalized spacial score (nSPS) is 18.1. The molecule has 0 aliphatic carbocycles. The summed E-state index contributed by atoms with van der Waals surface area (Å²) in [6.07, 6.45) is 8.83. The molecule has 3 saturated heterocycles. The highest BCUT2D eigenvalue weighted by atomic mass is 32.1. The molecular weight excluding hydrogens is 1030 g/mol. The first-order chi connectivity index (χ1) is 36.8. The number of fused-ring (bicyclic) bond motifs is 3. The number of nitrogens with zero attached hydrogens (tertiary/aromatic N) is 2. The van der Waals surface area contributed by atoms with Crippen LogP contribution in [0.5, 0.6) is 11.5 Å². The molecule has 15 nitrogen and oxygen atoms in total. The molecule has 2 aromatic heterocycles. The highest BCUT2D eigenvalue weighted by Gasteiger charge is 2.54. The summed E-state index contributed by atoms with van der Waals surface area (Å²) in [5.74, 6) is 0.121. The second-order valence-corrected chi connectivity index (χ2v) is 23.5. The highest BCUT2D eigenvalue weighted by Crippen LogP contribution is 2.44. The molecule has 0 amide bonds. The zero-order chi connectivity index (χ0) is 53.7. The Balaban J connectivity index is 0.976.